The van der Waals surface area contributed by atoms with Crippen LogP contribution in [0, 0.1) is 5.92 Å². The molecule has 3 rings (SSSR count). The maximum absolute atomic E-state index is 5.57. The molecule has 2 unspecified atom stereocenters. The Morgan fingerprint density at radius 2 is 1.90 bits per heavy atom. The third kappa shape index (κ3) is 5.96. The Hall–Kier alpha value is -2.17. The molecule has 9 heteroatoms. The number of nitrogens with one attached hydrogen (secondary N) is 1. The van der Waals surface area contributed by atoms with Gasteiger partial charge in [0.1, 0.15) is 17.2 Å². The Morgan fingerprint density at radius 3 is 2.45 bits per heavy atom. The fraction of sp³-hybridized carbons (Fsp3) is 0.545. The number of hydrogen-bond acceptors (Lipinski definition) is 5. The first kappa shape index (κ1) is 25.1. The van der Waals surface area contributed by atoms with Crippen molar-refractivity contribution in [3.63, 3.8) is 0 Å². The zero-order chi connectivity index (χ0) is 21.5. The van der Waals surface area contributed by atoms with Crippen LogP contribution in [0.1, 0.15) is 31.9 Å². The Morgan fingerprint density at radius 1 is 1.19 bits per heavy atom. The average Bonchev–Trinajstić information content (AvgIpc) is 3.31. The van der Waals surface area contributed by atoms with Crippen molar-refractivity contribution in [2.24, 2.45) is 10.9 Å². The molecule has 1 aromatic heterocycles. The Kier molecular flexibility index (Phi) is 9.73. The molecule has 0 aliphatic carbocycles. The second-order valence-corrected chi connectivity index (χ2v) is 7.47. The fourth-order valence-electron chi connectivity index (χ4n) is 3.91. The highest BCUT2D eigenvalue weighted by atomic mass is 127. The standard InChI is InChI=1S/C22H33N5O3.HI/c1-6-24-22(26-9-7-16(2)19(14-26)27-10-8-23-15-27)25-13-18-20(29-4)11-17(28-3)12-21(18)30-5;/h8,10-12,15-16,19H,6-7,9,13-14H2,1-5H3,(H,24,25);1H. The van der Waals surface area contributed by atoms with E-state index in [9.17, 15) is 0 Å². The van der Waals surface area contributed by atoms with Crippen LogP contribution in [0.5, 0.6) is 17.2 Å². The fourth-order valence-corrected chi connectivity index (χ4v) is 3.91. The lowest BCUT2D eigenvalue weighted by Gasteiger charge is -2.39. The third-order valence-corrected chi connectivity index (χ3v) is 5.66. The second kappa shape index (κ2) is 12.0. The number of halogens is 1. The number of aromatic nitrogens is 2. The number of hydrogen-bond donors (Lipinski definition) is 1. The van der Waals surface area contributed by atoms with Crippen LogP contribution < -0.4 is 19.5 Å². The summed E-state index contributed by atoms with van der Waals surface area (Å²) in [7, 11) is 4.92. The number of benzene rings is 1. The molecule has 0 spiro atoms. The van der Waals surface area contributed by atoms with Crippen molar-refractivity contribution in [2.45, 2.75) is 32.9 Å². The smallest absolute Gasteiger partial charge is 0.194 e. The maximum atomic E-state index is 5.57. The van der Waals surface area contributed by atoms with Crippen molar-refractivity contribution in [1.29, 1.82) is 0 Å². The van der Waals surface area contributed by atoms with Crippen molar-refractivity contribution in [2.75, 3.05) is 41.0 Å². The van der Waals surface area contributed by atoms with Crippen LogP contribution in [0.2, 0.25) is 0 Å². The van der Waals surface area contributed by atoms with Gasteiger partial charge in [-0.1, -0.05) is 6.92 Å². The normalized spacial score (nSPS) is 18.9. The first-order chi connectivity index (χ1) is 14.6. The molecule has 0 bridgehead atoms. The third-order valence-electron chi connectivity index (χ3n) is 5.66. The summed E-state index contributed by atoms with van der Waals surface area (Å²) in [4.78, 5) is 11.5. The number of piperidine rings is 1. The summed E-state index contributed by atoms with van der Waals surface area (Å²) in [5, 5.41) is 3.45. The van der Waals surface area contributed by atoms with Gasteiger partial charge in [-0.15, -0.1) is 24.0 Å². The minimum absolute atomic E-state index is 0. The summed E-state index contributed by atoms with van der Waals surface area (Å²) in [6.45, 7) is 7.50. The maximum Gasteiger partial charge on any atom is 0.194 e. The van der Waals surface area contributed by atoms with Crippen LogP contribution in [-0.4, -0.2) is 61.4 Å². The summed E-state index contributed by atoms with van der Waals surface area (Å²) in [6.07, 6.45) is 6.89. The van der Waals surface area contributed by atoms with E-state index in [0.29, 0.717) is 35.8 Å². The van der Waals surface area contributed by atoms with E-state index in [1.54, 1.807) is 21.3 Å². The highest BCUT2D eigenvalue weighted by Crippen LogP contribution is 2.35. The Balaban J connectivity index is 0.00000341. The van der Waals surface area contributed by atoms with Crippen LogP contribution >= 0.6 is 24.0 Å². The van der Waals surface area contributed by atoms with Gasteiger partial charge in [-0.25, -0.2) is 9.98 Å². The van der Waals surface area contributed by atoms with Gasteiger partial charge in [0, 0.05) is 44.2 Å². The van der Waals surface area contributed by atoms with Gasteiger partial charge in [-0.2, -0.15) is 0 Å². The van der Waals surface area contributed by atoms with E-state index in [-0.39, 0.29) is 24.0 Å². The van der Waals surface area contributed by atoms with Gasteiger partial charge in [-0.3, -0.25) is 0 Å². The predicted octanol–water partition coefficient (Wildman–Crippen LogP) is 3.58. The highest BCUT2D eigenvalue weighted by Gasteiger charge is 2.29. The zero-order valence-electron chi connectivity index (χ0n) is 19.0. The monoisotopic (exact) mass is 543 g/mol. The number of guanidine groups is 1. The lowest BCUT2D eigenvalue weighted by atomic mass is 9.93. The van der Waals surface area contributed by atoms with Crippen LogP contribution in [0.4, 0.5) is 0 Å². The largest absolute Gasteiger partial charge is 0.496 e. The number of ether oxygens (including phenoxy) is 3. The van der Waals surface area contributed by atoms with Gasteiger partial charge < -0.3 is 29.0 Å². The molecule has 0 amide bonds. The summed E-state index contributed by atoms with van der Waals surface area (Å²) >= 11 is 0. The van der Waals surface area contributed by atoms with Crippen LogP contribution in [0.15, 0.2) is 35.8 Å². The van der Waals surface area contributed by atoms with Crippen molar-refractivity contribution < 1.29 is 14.2 Å². The summed E-state index contributed by atoms with van der Waals surface area (Å²) in [6, 6.07) is 4.09. The molecule has 0 saturated carbocycles. The minimum atomic E-state index is 0. The van der Waals surface area contributed by atoms with Crippen LogP contribution in [0.3, 0.4) is 0 Å². The number of likely N-dealkylation sites (tertiary alicyclic amines) is 1. The summed E-state index contributed by atoms with van der Waals surface area (Å²) in [5.41, 5.74) is 0.896. The molecule has 2 heterocycles. The molecule has 2 aromatic rings. The topological polar surface area (TPSA) is 73.1 Å². The van der Waals surface area contributed by atoms with E-state index >= 15 is 0 Å². The second-order valence-electron chi connectivity index (χ2n) is 7.47. The zero-order valence-corrected chi connectivity index (χ0v) is 21.3. The molecule has 1 fully saturated rings. The van der Waals surface area contributed by atoms with E-state index < -0.39 is 0 Å². The van der Waals surface area contributed by atoms with Crippen molar-refractivity contribution in [3.8, 4) is 17.2 Å². The van der Waals surface area contributed by atoms with E-state index in [0.717, 1.165) is 37.6 Å². The highest BCUT2D eigenvalue weighted by molar-refractivity contribution is 14.0. The molecule has 2 atom stereocenters. The number of methoxy groups -OCH3 is 3. The van der Waals surface area contributed by atoms with Crippen molar-refractivity contribution in [3.05, 3.63) is 36.4 Å². The molecule has 172 valence electrons. The summed E-state index contributed by atoms with van der Waals surface area (Å²) in [5.74, 6) is 3.58. The molecule has 8 nitrogen and oxygen atoms in total. The van der Waals surface area contributed by atoms with E-state index in [4.69, 9.17) is 19.2 Å². The van der Waals surface area contributed by atoms with E-state index in [1.165, 1.54) is 0 Å². The lowest BCUT2D eigenvalue weighted by molar-refractivity contribution is 0.189. The average molecular weight is 543 g/mol. The molecule has 1 aliphatic heterocycles. The SMILES string of the molecule is CCNC(=NCc1c(OC)cc(OC)cc1OC)N1CCC(C)C(n2ccnc2)C1.I. The molecule has 1 saturated heterocycles. The molecule has 31 heavy (non-hydrogen) atoms. The van der Waals surface area contributed by atoms with Gasteiger partial charge in [0.15, 0.2) is 5.96 Å². The first-order valence-corrected chi connectivity index (χ1v) is 10.4. The Bertz CT molecular complexity index is 819. The number of imidazole rings is 1. The summed E-state index contributed by atoms with van der Waals surface area (Å²) < 4.78 is 18.7. The predicted molar refractivity (Wildman–Crippen MR) is 133 cm³/mol. The van der Waals surface area contributed by atoms with Gasteiger partial charge in [-0.05, 0) is 19.3 Å². The van der Waals surface area contributed by atoms with Gasteiger partial charge in [0.2, 0.25) is 0 Å². The van der Waals surface area contributed by atoms with Crippen LogP contribution in [-0.2, 0) is 6.54 Å². The van der Waals surface area contributed by atoms with E-state index in [1.807, 2.05) is 30.9 Å². The molecule has 1 aromatic carbocycles. The van der Waals surface area contributed by atoms with Crippen molar-refractivity contribution >= 4 is 29.9 Å². The molecule has 1 aliphatic rings. The molecular weight excluding hydrogens is 509 g/mol. The Labute approximate surface area is 202 Å². The molecule has 0 radical (unpaired) electrons. The quantitative estimate of drug-likeness (QED) is 0.327. The lowest BCUT2D eigenvalue weighted by Crippen LogP contribution is -2.49. The van der Waals surface area contributed by atoms with E-state index in [2.05, 4.69) is 33.6 Å². The van der Waals surface area contributed by atoms with Crippen molar-refractivity contribution in [1.82, 2.24) is 19.8 Å². The number of rotatable bonds is 7. The van der Waals surface area contributed by atoms with Gasteiger partial charge in [0.05, 0.1) is 45.8 Å². The number of nitrogens with zero attached hydrogens (tertiary/aromatic N) is 4. The van der Waals surface area contributed by atoms with Gasteiger partial charge >= 0.3 is 0 Å². The molecule has 1 N–H and O–H groups in total. The first-order valence-electron chi connectivity index (χ1n) is 10.4. The molecular formula is C22H34IN5O3. The number of aliphatic imine (C=N–C) groups is 1. The van der Waals surface area contributed by atoms with Crippen LogP contribution in [0.25, 0.3) is 0 Å². The van der Waals surface area contributed by atoms with Gasteiger partial charge in [0.25, 0.3) is 0 Å². The minimum Gasteiger partial charge on any atom is -0.496 e.